The van der Waals surface area contributed by atoms with Gasteiger partial charge in [0, 0.05) is 47.1 Å². The molecule has 1 saturated heterocycles. The Morgan fingerprint density at radius 2 is 1.95 bits per heavy atom. The van der Waals surface area contributed by atoms with Crippen molar-refractivity contribution >= 4 is 22.1 Å². The van der Waals surface area contributed by atoms with Crippen LogP contribution in [-0.4, -0.2) is 17.6 Å². The van der Waals surface area contributed by atoms with Gasteiger partial charge in [0.2, 0.25) is 0 Å². The van der Waals surface area contributed by atoms with Crippen molar-refractivity contribution in [1.82, 2.24) is 4.98 Å². The highest BCUT2D eigenvalue weighted by Gasteiger charge is 2.35. The van der Waals surface area contributed by atoms with Gasteiger partial charge in [-0.1, -0.05) is 6.42 Å². The Hall–Kier alpha value is -1.77. The van der Waals surface area contributed by atoms with Crippen LogP contribution in [0.2, 0.25) is 0 Å². The maximum absolute atomic E-state index is 6.10. The molecule has 2 aliphatic rings. The number of pyridine rings is 1. The number of benzene rings is 1. The standard InChI is InChI=1S/C17H21N3/c18-15-6-7-17(13-8-9-19-11-14(13)15)20-10-2-4-12-3-1-5-16(12)20/h6-9,11-12,16H,1-5,10,18H2. The molecule has 2 aromatic rings. The highest BCUT2D eigenvalue weighted by Crippen LogP contribution is 2.41. The maximum Gasteiger partial charge on any atom is 0.0451 e. The van der Waals surface area contributed by atoms with E-state index in [1.807, 2.05) is 18.5 Å². The van der Waals surface area contributed by atoms with Gasteiger partial charge in [-0.05, 0) is 49.8 Å². The topological polar surface area (TPSA) is 42.1 Å². The molecule has 2 heterocycles. The number of nitrogen functional groups attached to an aromatic ring is 1. The van der Waals surface area contributed by atoms with Crippen molar-refractivity contribution in [3.05, 3.63) is 30.6 Å². The summed E-state index contributed by atoms with van der Waals surface area (Å²) in [7, 11) is 0. The van der Waals surface area contributed by atoms with Crippen LogP contribution in [0.4, 0.5) is 11.4 Å². The summed E-state index contributed by atoms with van der Waals surface area (Å²) in [5.41, 5.74) is 8.29. The van der Waals surface area contributed by atoms with E-state index in [-0.39, 0.29) is 0 Å². The molecule has 1 aliphatic carbocycles. The Labute approximate surface area is 119 Å². The Morgan fingerprint density at radius 1 is 1.05 bits per heavy atom. The number of hydrogen-bond acceptors (Lipinski definition) is 3. The molecule has 20 heavy (non-hydrogen) atoms. The van der Waals surface area contributed by atoms with Gasteiger partial charge in [-0.25, -0.2) is 0 Å². The molecule has 0 amide bonds. The average molecular weight is 267 g/mol. The summed E-state index contributed by atoms with van der Waals surface area (Å²) < 4.78 is 0. The van der Waals surface area contributed by atoms with Gasteiger partial charge in [-0.3, -0.25) is 4.98 Å². The SMILES string of the molecule is Nc1ccc(N2CCCC3CCCC32)c2ccncc12. The molecule has 0 spiro atoms. The first kappa shape index (κ1) is 12.0. The minimum Gasteiger partial charge on any atom is -0.398 e. The fraction of sp³-hybridized carbons (Fsp3) is 0.471. The maximum atomic E-state index is 6.10. The highest BCUT2D eigenvalue weighted by molar-refractivity contribution is 6.00. The van der Waals surface area contributed by atoms with Gasteiger partial charge in [0.1, 0.15) is 0 Å². The minimum atomic E-state index is 0.740. The predicted molar refractivity (Wildman–Crippen MR) is 83.9 cm³/mol. The van der Waals surface area contributed by atoms with Crippen molar-refractivity contribution in [2.75, 3.05) is 17.2 Å². The van der Waals surface area contributed by atoms with Crippen LogP contribution in [0, 0.1) is 5.92 Å². The number of anilines is 2. The van der Waals surface area contributed by atoms with Crippen molar-refractivity contribution in [3.8, 4) is 0 Å². The summed E-state index contributed by atoms with van der Waals surface area (Å²) in [6, 6.07) is 7.10. The Balaban J connectivity index is 1.83. The largest absolute Gasteiger partial charge is 0.398 e. The van der Waals surface area contributed by atoms with Gasteiger partial charge < -0.3 is 10.6 Å². The molecule has 2 fully saturated rings. The van der Waals surface area contributed by atoms with Crippen molar-refractivity contribution in [1.29, 1.82) is 0 Å². The van der Waals surface area contributed by atoms with Crippen molar-refractivity contribution in [2.45, 2.75) is 38.1 Å². The second-order valence-corrected chi connectivity index (χ2v) is 6.19. The molecular formula is C17H21N3. The van der Waals surface area contributed by atoms with Crippen LogP contribution in [0.1, 0.15) is 32.1 Å². The Bertz CT molecular complexity index is 637. The lowest BCUT2D eigenvalue weighted by atomic mass is 9.91. The first-order valence-electron chi connectivity index (χ1n) is 7.73. The van der Waals surface area contributed by atoms with Crippen molar-refractivity contribution < 1.29 is 0 Å². The van der Waals surface area contributed by atoms with Crippen LogP contribution in [0.25, 0.3) is 10.8 Å². The van der Waals surface area contributed by atoms with E-state index in [1.165, 1.54) is 49.7 Å². The Kier molecular flexibility index (Phi) is 2.79. The average Bonchev–Trinajstić information content (AvgIpc) is 2.97. The van der Waals surface area contributed by atoms with Crippen LogP contribution >= 0.6 is 0 Å². The molecule has 1 aromatic carbocycles. The molecule has 104 valence electrons. The quantitative estimate of drug-likeness (QED) is 0.803. The number of hydrogen-bond donors (Lipinski definition) is 1. The smallest absolute Gasteiger partial charge is 0.0451 e. The zero-order valence-corrected chi connectivity index (χ0v) is 11.8. The van der Waals surface area contributed by atoms with E-state index in [0.717, 1.165) is 23.0 Å². The van der Waals surface area contributed by atoms with Crippen molar-refractivity contribution in [2.24, 2.45) is 5.92 Å². The summed E-state index contributed by atoms with van der Waals surface area (Å²) in [6.07, 6.45) is 10.6. The van der Waals surface area contributed by atoms with Crippen LogP contribution in [0.3, 0.4) is 0 Å². The molecule has 2 N–H and O–H groups in total. The summed E-state index contributed by atoms with van der Waals surface area (Å²) in [5.74, 6) is 0.901. The van der Waals surface area contributed by atoms with Crippen LogP contribution in [0.5, 0.6) is 0 Å². The number of piperidine rings is 1. The first-order chi connectivity index (χ1) is 9.84. The minimum absolute atomic E-state index is 0.740. The number of rotatable bonds is 1. The summed E-state index contributed by atoms with van der Waals surface area (Å²) in [4.78, 5) is 6.87. The lowest BCUT2D eigenvalue weighted by Gasteiger charge is -2.40. The predicted octanol–water partition coefficient (Wildman–Crippen LogP) is 3.59. The third-order valence-corrected chi connectivity index (χ3v) is 5.13. The summed E-state index contributed by atoms with van der Waals surface area (Å²) in [5, 5.41) is 2.35. The normalized spacial score (nSPS) is 25.9. The van der Waals surface area contributed by atoms with E-state index in [2.05, 4.69) is 22.0 Å². The molecule has 4 rings (SSSR count). The number of fused-ring (bicyclic) bond motifs is 2. The van der Waals surface area contributed by atoms with Crippen LogP contribution in [0.15, 0.2) is 30.6 Å². The monoisotopic (exact) mass is 267 g/mol. The van der Waals surface area contributed by atoms with E-state index >= 15 is 0 Å². The second kappa shape index (κ2) is 4.65. The fourth-order valence-corrected chi connectivity index (χ4v) is 4.20. The van der Waals surface area contributed by atoms with E-state index in [0.29, 0.717) is 0 Å². The third-order valence-electron chi connectivity index (χ3n) is 5.13. The van der Waals surface area contributed by atoms with Gasteiger partial charge in [0.25, 0.3) is 0 Å². The third kappa shape index (κ3) is 1.76. The number of aromatic nitrogens is 1. The lowest BCUT2D eigenvalue weighted by Crippen LogP contribution is -2.42. The summed E-state index contributed by atoms with van der Waals surface area (Å²) >= 11 is 0. The lowest BCUT2D eigenvalue weighted by molar-refractivity contribution is 0.363. The van der Waals surface area contributed by atoms with E-state index in [1.54, 1.807) is 0 Å². The number of nitrogens with zero attached hydrogens (tertiary/aromatic N) is 2. The molecule has 1 saturated carbocycles. The molecule has 2 unspecified atom stereocenters. The van der Waals surface area contributed by atoms with E-state index < -0.39 is 0 Å². The van der Waals surface area contributed by atoms with Crippen LogP contribution < -0.4 is 10.6 Å². The molecule has 2 atom stereocenters. The van der Waals surface area contributed by atoms with Crippen molar-refractivity contribution in [3.63, 3.8) is 0 Å². The molecule has 0 bridgehead atoms. The van der Waals surface area contributed by atoms with Gasteiger partial charge in [0.05, 0.1) is 0 Å². The van der Waals surface area contributed by atoms with Gasteiger partial charge in [-0.2, -0.15) is 0 Å². The fourth-order valence-electron chi connectivity index (χ4n) is 4.20. The summed E-state index contributed by atoms with van der Waals surface area (Å²) in [6.45, 7) is 1.18. The molecule has 1 aliphatic heterocycles. The molecular weight excluding hydrogens is 246 g/mol. The molecule has 3 heteroatoms. The highest BCUT2D eigenvalue weighted by atomic mass is 15.2. The second-order valence-electron chi connectivity index (χ2n) is 6.19. The number of nitrogens with two attached hydrogens (primary N) is 1. The van der Waals surface area contributed by atoms with E-state index in [9.17, 15) is 0 Å². The van der Waals surface area contributed by atoms with E-state index in [4.69, 9.17) is 5.73 Å². The Morgan fingerprint density at radius 3 is 2.90 bits per heavy atom. The van der Waals surface area contributed by atoms with Gasteiger partial charge in [0.15, 0.2) is 0 Å². The zero-order valence-electron chi connectivity index (χ0n) is 11.8. The zero-order chi connectivity index (χ0) is 13.5. The molecule has 3 nitrogen and oxygen atoms in total. The molecule has 1 aromatic heterocycles. The van der Waals surface area contributed by atoms with Gasteiger partial charge >= 0.3 is 0 Å². The van der Waals surface area contributed by atoms with Gasteiger partial charge in [-0.15, -0.1) is 0 Å². The first-order valence-corrected chi connectivity index (χ1v) is 7.73. The molecule has 0 radical (unpaired) electrons. The van der Waals surface area contributed by atoms with Crippen LogP contribution in [-0.2, 0) is 0 Å².